The van der Waals surface area contributed by atoms with Crippen molar-refractivity contribution < 1.29 is 13.9 Å². The number of anilines is 1. The minimum Gasteiger partial charge on any atom is -0.493 e. The summed E-state index contributed by atoms with van der Waals surface area (Å²) in [6.07, 6.45) is 4.30. The van der Waals surface area contributed by atoms with Crippen LogP contribution in [-0.4, -0.2) is 14.2 Å². The largest absolute Gasteiger partial charge is 0.493 e. The van der Waals surface area contributed by atoms with E-state index in [4.69, 9.17) is 13.9 Å². The average Bonchev–Trinajstić information content (AvgIpc) is 3.00. The molecule has 0 saturated carbocycles. The number of rotatable bonds is 7. The van der Waals surface area contributed by atoms with Crippen LogP contribution >= 0.6 is 0 Å². The third-order valence-electron chi connectivity index (χ3n) is 3.01. The van der Waals surface area contributed by atoms with E-state index in [2.05, 4.69) is 11.9 Å². The summed E-state index contributed by atoms with van der Waals surface area (Å²) in [7, 11) is 3.24. The van der Waals surface area contributed by atoms with Crippen LogP contribution in [0.4, 0.5) is 5.69 Å². The van der Waals surface area contributed by atoms with E-state index in [1.807, 2.05) is 36.4 Å². The Morgan fingerprint density at radius 3 is 2.65 bits per heavy atom. The summed E-state index contributed by atoms with van der Waals surface area (Å²) in [4.78, 5) is 0. The first kappa shape index (κ1) is 14.1. The van der Waals surface area contributed by atoms with Gasteiger partial charge in [-0.2, -0.15) is 0 Å². The monoisotopic (exact) mass is 273 g/mol. The second-order valence-electron chi connectivity index (χ2n) is 4.31. The van der Waals surface area contributed by atoms with E-state index >= 15 is 0 Å². The molecule has 0 unspecified atom stereocenters. The van der Waals surface area contributed by atoms with E-state index in [0.717, 1.165) is 17.9 Å². The maximum absolute atomic E-state index is 5.46. The van der Waals surface area contributed by atoms with Crippen LogP contribution in [0.2, 0.25) is 0 Å². The van der Waals surface area contributed by atoms with Gasteiger partial charge < -0.3 is 19.2 Å². The number of hydrogen-bond acceptors (Lipinski definition) is 4. The van der Waals surface area contributed by atoms with Crippen molar-refractivity contribution >= 4 is 5.69 Å². The molecular weight excluding hydrogens is 254 g/mol. The number of ether oxygens (including phenoxy) is 2. The number of hydrogen-bond donors (Lipinski definition) is 1. The number of nitrogens with one attached hydrogen (secondary N) is 1. The lowest BCUT2D eigenvalue weighted by Crippen LogP contribution is -2.09. The van der Waals surface area contributed by atoms with Gasteiger partial charge in [0, 0.05) is 11.8 Å². The van der Waals surface area contributed by atoms with Crippen molar-refractivity contribution in [2.45, 2.75) is 12.5 Å². The van der Waals surface area contributed by atoms with Crippen molar-refractivity contribution in [3.63, 3.8) is 0 Å². The van der Waals surface area contributed by atoms with E-state index in [1.54, 1.807) is 20.5 Å². The van der Waals surface area contributed by atoms with Crippen LogP contribution in [0.25, 0.3) is 0 Å². The number of furan rings is 1. The molecule has 0 bridgehead atoms. The summed E-state index contributed by atoms with van der Waals surface area (Å²) < 4.78 is 16.0. The molecule has 1 heterocycles. The van der Waals surface area contributed by atoms with Gasteiger partial charge in [-0.3, -0.25) is 0 Å². The first-order chi connectivity index (χ1) is 9.78. The summed E-state index contributed by atoms with van der Waals surface area (Å²) >= 11 is 0. The summed E-state index contributed by atoms with van der Waals surface area (Å²) in [5.74, 6) is 2.27. The van der Waals surface area contributed by atoms with Crippen molar-refractivity contribution in [2.75, 3.05) is 19.5 Å². The van der Waals surface area contributed by atoms with Gasteiger partial charge in [0.25, 0.3) is 0 Å². The van der Waals surface area contributed by atoms with E-state index in [1.165, 1.54) is 0 Å². The normalized spacial score (nSPS) is 11.7. The van der Waals surface area contributed by atoms with Gasteiger partial charge in [0.1, 0.15) is 5.76 Å². The molecule has 0 fully saturated rings. The van der Waals surface area contributed by atoms with Crippen molar-refractivity contribution in [2.24, 2.45) is 0 Å². The molecule has 106 valence electrons. The molecule has 2 rings (SSSR count). The van der Waals surface area contributed by atoms with Gasteiger partial charge >= 0.3 is 0 Å². The van der Waals surface area contributed by atoms with Crippen molar-refractivity contribution in [1.29, 1.82) is 0 Å². The van der Waals surface area contributed by atoms with Gasteiger partial charge in [-0.1, -0.05) is 6.08 Å². The Morgan fingerprint density at radius 2 is 2.05 bits per heavy atom. The van der Waals surface area contributed by atoms with Crippen LogP contribution in [0.5, 0.6) is 11.5 Å². The molecule has 0 saturated heterocycles. The third-order valence-corrected chi connectivity index (χ3v) is 3.01. The minimum absolute atomic E-state index is 0.0422. The Balaban J connectivity index is 2.20. The molecule has 0 aliphatic heterocycles. The first-order valence-corrected chi connectivity index (χ1v) is 6.41. The summed E-state index contributed by atoms with van der Waals surface area (Å²) in [5.41, 5.74) is 0.936. The molecule has 4 heteroatoms. The molecule has 1 aromatic heterocycles. The predicted octanol–water partition coefficient (Wildman–Crippen LogP) is 4.03. The third kappa shape index (κ3) is 3.15. The maximum Gasteiger partial charge on any atom is 0.162 e. The van der Waals surface area contributed by atoms with Crippen LogP contribution in [-0.2, 0) is 0 Å². The van der Waals surface area contributed by atoms with Gasteiger partial charge in [0.05, 0.1) is 26.5 Å². The molecule has 1 aromatic carbocycles. The average molecular weight is 273 g/mol. The van der Waals surface area contributed by atoms with Crippen LogP contribution in [0.15, 0.2) is 53.7 Å². The smallest absolute Gasteiger partial charge is 0.162 e. The fourth-order valence-electron chi connectivity index (χ4n) is 2.03. The highest BCUT2D eigenvalue weighted by Crippen LogP contribution is 2.32. The van der Waals surface area contributed by atoms with Crippen LogP contribution in [0.3, 0.4) is 0 Å². The zero-order chi connectivity index (χ0) is 14.4. The summed E-state index contributed by atoms with van der Waals surface area (Å²) in [5, 5.41) is 3.41. The molecule has 0 radical (unpaired) electrons. The van der Waals surface area contributed by atoms with Gasteiger partial charge in [0.2, 0.25) is 0 Å². The van der Waals surface area contributed by atoms with Crippen molar-refractivity contribution in [3.05, 3.63) is 55.0 Å². The standard InChI is InChI=1S/C16H19NO3/c1-4-6-13(14-7-5-10-20-14)17-12-8-9-15(18-2)16(11-12)19-3/h4-5,7-11,13,17H,1,6H2,2-3H3/t13-/m0/s1. The SMILES string of the molecule is C=CC[C@H](Nc1ccc(OC)c(OC)c1)c1ccco1. The minimum atomic E-state index is 0.0422. The summed E-state index contributed by atoms with van der Waals surface area (Å²) in [6.45, 7) is 3.79. The van der Waals surface area contributed by atoms with E-state index in [9.17, 15) is 0 Å². The van der Waals surface area contributed by atoms with Gasteiger partial charge in [-0.05, 0) is 30.7 Å². The predicted molar refractivity (Wildman–Crippen MR) is 79.4 cm³/mol. The second kappa shape index (κ2) is 6.70. The molecule has 0 aliphatic carbocycles. The van der Waals surface area contributed by atoms with Crippen molar-refractivity contribution in [3.8, 4) is 11.5 Å². The summed E-state index contributed by atoms with van der Waals surface area (Å²) in [6, 6.07) is 9.58. The van der Waals surface area contributed by atoms with Gasteiger partial charge in [-0.25, -0.2) is 0 Å². The lowest BCUT2D eigenvalue weighted by Gasteiger charge is -2.17. The molecule has 0 spiro atoms. The highest BCUT2D eigenvalue weighted by Gasteiger charge is 2.13. The molecule has 4 nitrogen and oxygen atoms in total. The van der Waals surface area contributed by atoms with Crippen LogP contribution in [0, 0.1) is 0 Å². The lowest BCUT2D eigenvalue weighted by molar-refractivity contribution is 0.355. The zero-order valence-corrected chi connectivity index (χ0v) is 11.8. The Bertz CT molecular complexity index is 549. The topological polar surface area (TPSA) is 43.6 Å². The second-order valence-corrected chi connectivity index (χ2v) is 4.31. The molecule has 20 heavy (non-hydrogen) atoms. The lowest BCUT2D eigenvalue weighted by atomic mass is 10.1. The maximum atomic E-state index is 5.46. The van der Waals surface area contributed by atoms with Gasteiger partial charge in [0.15, 0.2) is 11.5 Å². The highest BCUT2D eigenvalue weighted by atomic mass is 16.5. The zero-order valence-electron chi connectivity index (χ0n) is 11.8. The fraction of sp³-hybridized carbons (Fsp3) is 0.250. The molecule has 1 atom stereocenters. The fourth-order valence-corrected chi connectivity index (χ4v) is 2.03. The molecule has 1 N–H and O–H groups in total. The first-order valence-electron chi connectivity index (χ1n) is 6.41. The van der Waals surface area contributed by atoms with Crippen LogP contribution in [0.1, 0.15) is 18.2 Å². The molecule has 0 aliphatic rings. The Hall–Kier alpha value is -2.36. The van der Waals surface area contributed by atoms with E-state index < -0.39 is 0 Å². The molecular formula is C16H19NO3. The Labute approximate surface area is 119 Å². The highest BCUT2D eigenvalue weighted by molar-refractivity contribution is 5.55. The number of benzene rings is 1. The van der Waals surface area contributed by atoms with E-state index in [0.29, 0.717) is 11.5 Å². The Morgan fingerprint density at radius 1 is 1.25 bits per heavy atom. The molecule has 0 amide bonds. The quantitative estimate of drug-likeness (QED) is 0.774. The Kier molecular flexibility index (Phi) is 4.71. The van der Waals surface area contributed by atoms with Gasteiger partial charge in [-0.15, -0.1) is 6.58 Å². The number of methoxy groups -OCH3 is 2. The van der Waals surface area contributed by atoms with Crippen molar-refractivity contribution in [1.82, 2.24) is 0 Å². The molecule has 2 aromatic rings. The van der Waals surface area contributed by atoms with E-state index in [-0.39, 0.29) is 6.04 Å². The van der Waals surface area contributed by atoms with Crippen LogP contribution < -0.4 is 14.8 Å².